The minimum Gasteiger partial charge on any atom is -0.479 e. The summed E-state index contributed by atoms with van der Waals surface area (Å²) in [6, 6.07) is 0. The summed E-state index contributed by atoms with van der Waals surface area (Å²) in [5, 5.41) is 17.6. The molecule has 0 radical (unpaired) electrons. The van der Waals surface area contributed by atoms with Gasteiger partial charge in [0.05, 0.1) is 0 Å². The molecule has 3 nitrogen and oxygen atoms in total. The minimum absolute atomic E-state index is 0.438. The maximum atomic E-state index is 10.4. The van der Waals surface area contributed by atoms with Gasteiger partial charge in [-0.25, -0.2) is 4.79 Å². The van der Waals surface area contributed by atoms with Crippen LogP contribution < -0.4 is 0 Å². The average molecular weight is 166 g/mol. The zero-order chi connectivity index (χ0) is 8.97. The molecule has 12 heavy (non-hydrogen) atoms. The van der Waals surface area contributed by atoms with Crippen molar-refractivity contribution in [1.29, 1.82) is 0 Å². The van der Waals surface area contributed by atoms with E-state index in [-0.39, 0.29) is 0 Å². The Balaban J connectivity index is 2.75. The normalized spacial score (nSPS) is 18.2. The first-order valence-corrected chi connectivity index (χ1v) is 3.66. The van der Waals surface area contributed by atoms with E-state index in [0.29, 0.717) is 12.0 Å². The monoisotopic (exact) mass is 166 g/mol. The van der Waals surface area contributed by atoms with Crippen molar-refractivity contribution in [2.75, 3.05) is 0 Å². The van der Waals surface area contributed by atoms with Crippen molar-refractivity contribution < 1.29 is 15.0 Å². The van der Waals surface area contributed by atoms with E-state index in [2.05, 4.69) is 0 Å². The molecule has 0 saturated heterocycles. The number of aliphatic hydroxyl groups excluding tert-OH is 1. The number of aliphatic carboxylic acids is 1. The van der Waals surface area contributed by atoms with E-state index in [1.807, 2.05) is 12.2 Å². The molecule has 2 N–H and O–H groups in total. The summed E-state index contributed by atoms with van der Waals surface area (Å²) in [5.41, 5.74) is 0.438. The number of aliphatic hydroxyl groups is 1. The van der Waals surface area contributed by atoms with Crippen molar-refractivity contribution >= 4 is 5.97 Å². The van der Waals surface area contributed by atoms with Crippen LogP contribution in [-0.4, -0.2) is 22.3 Å². The Morgan fingerprint density at radius 3 is 2.92 bits per heavy atom. The Hall–Kier alpha value is -1.35. The zero-order valence-corrected chi connectivity index (χ0v) is 6.47. The molecule has 1 aliphatic carbocycles. The second kappa shape index (κ2) is 3.88. The van der Waals surface area contributed by atoms with Crippen LogP contribution in [0.2, 0.25) is 0 Å². The van der Waals surface area contributed by atoms with Gasteiger partial charge in [0, 0.05) is 0 Å². The molecule has 1 rings (SSSR count). The van der Waals surface area contributed by atoms with E-state index >= 15 is 0 Å². The summed E-state index contributed by atoms with van der Waals surface area (Å²) in [6.45, 7) is 0. The second-order valence-electron chi connectivity index (χ2n) is 2.47. The number of carboxylic acid groups (broad SMARTS) is 1. The second-order valence-corrected chi connectivity index (χ2v) is 2.47. The van der Waals surface area contributed by atoms with Gasteiger partial charge in [-0.3, -0.25) is 0 Å². The third-order valence-corrected chi connectivity index (χ3v) is 1.58. The van der Waals surface area contributed by atoms with E-state index in [0.717, 1.165) is 0 Å². The van der Waals surface area contributed by atoms with Gasteiger partial charge in [0.25, 0.3) is 0 Å². The first kappa shape index (κ1) is 8.74. The van der Waals surface area contributed by atoms with Crippen LogP contribution in [0.4, 0.5) is 0 Å². The zero-order valence-electron chi connectivity index (χ0n) is 6.47. The Bertz CT molecular complexity index is 261. The van der Waals surface area contributed by atoms with Gasteiger partial charge in [-0.05, 0) is 12.0 Å². The highest BCUT2D eigenvalue weighted by molar-refractivity contribution is 5.76. The summed E-state index contributed by atoms with van der Waals surface area (Å²) < 4.78 is 0. The predicted molar refractivity (Wildman–Crippen MR) is 44.6 cm³/mol. The molecule has 0 amide bonds. The van der Waals surface area contributed by atoms with E-state index in [1.165, 1.54) is 0 Å². The topological polar surface area (TPSA) is 57.5 Å². The lowest BCUT2D eigenvalue weighted by Gasteiger charge is -2.04. The highest BCUT2D eigenvalue weighted by Gasteiger charge is 2.16. The number of allylic oxidation sites excluding steroid dienone is 4. The molecule has 0 aromatic rings. The number of carboxylic acids is 1. The van der Waals surface area contributed by atoms with Crippen molar-refractivity contribution in [1.82, 2.24) is 0 Å². The molecule has 0 aliphatic heterocycles. The Labute approximate surface area is 70.3 Å². The molecule has 64 valence electrons. The van der Waals surface area contributed by atoms with Crippen LogP contribution in [0.25, 0.3) is 0 Å². The van der Waals surface area contributed by atoms with Crippen LogP contribution in [0.3, 0.4) is 0 Å². The Kier molecular flexibility index (Phi) is 2.82. The van der Waals surface area contributed by atoms with Gasteiger partial charge >= 0.3 is 5.97 Å². The lowest BCUT2D eigenvalue weighted by atomic mass is 10.1. The average Bonchev–Trinajstić information content (AvgIpc) is 2.30. The molecule has 0 bridgehead atoms. The number of hydrogen-bond donors (Lipinski definition) is 2. The lowest BCUT2D eigenvalue weighted by molar-refractivity contribution is -0.144. The molecule has 0 spiro atoms. The third-order valence-electron chi connectivity index (χ3n) is 1.58. The van der Waals surface area contributed by atoms with Crippen molar-refractivity contribution in [2.45, 2.75) is 12.5 Å². The van der Waals surface area contributed by atoms with Crippen molar-refractivity contribution in [3.05, 3.63) is 36.0 Å². The quantitative estimate of drug-likeness (QED) is 0.640. The number of hydrogen-bond acceptors (Lipinski definition) is 2. The molecule has 1 atom stereocenters. The molecule has 0 aromatic heterocycles. The predicted octanol–water partition coefficient (Wildman–Crippen LogP) is 0.874. The largest absolute Gasteiger partial charge is 0.479 e. The lowest BCUT2D eigenvalue weighted by Crippen LogP contribution is -2.20. The SMILES string of the molecule is O=C(O)C(O)C1=CCC=CC=C1. The first-order valence-electron chi connectivity index (χ1n) is 3.66. The highest BCUT2D eigenvalue weighted by Crippen LogP contribution is 2.09. The Morgan fingerprint density at radius 1 is 1.50 bits per heavy atom. The van der Waals surface area contributed by atoms with Crippen molar-refractivity contribution in [2.24, 2.45) is 0 Å². The van der Waals surface area contributed by atoms with Crippen LogP contribution in [0, 0.1) is 0 Å². The molecule has 0 saturated carbocycles. The first-order chi connectivity index (χ1) is 5.72. The Morgan fingerprint density at radius 2 is 2.25 bits per heavy atom. The number of carbonyl (C=O) groups is 1. The van der Waals surface area contributed by atoms with Crippen LogP contribution >= 0.6 is 0 Å². The van der Waals surface area contributed by atoms with E-state index < -0.39 is 12.1 Å². The molecular formula is C9H10O3. The van der Waals surface area contributed by atoms with Crippen molar-refractivity contribution in [3.8, 4) is 0 Å². The van der Waals surface area contributed by atoms with Gasteiger partial charge in [-0.1, -0.05) is 30.4 Å². The van der Waals surface area contributed by atoms with Gasteiger partial charge in [-0.2, -0.15) is 0 Å². The van der Waals surface area contributed by atoms with Crippen LogP contribution in [0.1, 0.15) is 6.42 Å². The smallest absolute Gasteiger partial charge is 0.337 e. The third kappa shape index (κ3) is 2.07. The minimum atomic E-state index is -1.40. The van der Waals surface area contributed by atoms with Gasteiger partial charge in [0.15, 0.2) is 6.10 Å². The molecule has 1 aliphatic rings. The number of rotatable bonds is 2. The van der Waals surface area contributed by atoms with Crippen LogP contribution in [-0.2, 0) is 4.79 Å². The van der Waals surface area contributed by atoms with Gasteiger partial charge < -0.3 is 10.2 Å². The molecule has 3 heteroatoms. The maximum absolute atomic E-state index is 10.4. The van der Waals surface area contributed by atoms with E-state index in [4.69, 9.17) is 10.2 Å². The fourth-order valence-corrected chi connectivity index (χ4v) is 0.941. The molecule has 0 heterocycles. The van der Waals surface area contributed by atoms with E-state index in [1.54, 1.807) is 18.2 Å². The molecule has 0 aromatic carbocycles. The van der Waals surface area contributed by atoms with Gasteiger partial charge in [0.2, 0.25) is 0 Å². The fourth-order valence-electron chi connectivity index (χ4n) is 0.941. The highest BCUT2D eigenvalue weighted by atomic mass is 16.4. The van der Waals surface area contributed by atoms with E-state index in [9.17, 15) is 4.79 Å². The standard InChI is InChI=1S/C9H10O3/c10-8(9(11)12)7-5-3-1-2-4-6-7/h1-3,5-6,8,10H,4H2,(H,11,12). The maximum Gasteiger partial charge on any atom is 0.337 e. The molecule has 1 unspecified atom stereocenters. The summed E-state index contributed by atoms with van der Waals surface area (Å²) in [7, 11) is 0. The molecule has 0 fully saturated rings. The summed E-state index contributed by atoms with van der Waals surface area (Å²) in [6.07, 6.45) is 7.97. The summed E-state index contributed by atoms with van der Waals surface area (Å²) in [5.74, 6) is -1.21. The van der Waals surface area contributed by atoms with Crippen LogP contribution in [0.15, 0.2) is 36.0 Å². The summed E-state index contributed by atoms with van der Waals surface area (Å²) >= 11 is 0. The van der Waals surface area contributed by atoms with Crippen LogP contribution in [0.5, 0.6) is 0 Å². The van der Waals surface area contributed by atoms with Crippen molar-refractivity contribution in [3.63, 3.8) is 0 Å². The fraction of sp³-hybridized carbons (Fsp3) is 0.222. The summed E-state index contributed by atoms with van der Waals surface area (Å²) in [4.78, 5) is 10.4. The van der Waals surface area contributed by atoms with Gasteiger partial charge in [-0.15, -0.1) is 0 Å². The molecular weight excluding hydrogens is 156 g/mol. The van der Waals surface area contributed by atoms with Gasteiger partial charge in [0.1, 0.15) is 0 Å².